The van der Waals surface area contributed by atoms with Gasteiger partial charge in [-0.15, -0.1) is 0 Å². The number of esters is 2. The Labute approximate surface area is 235 Å². The molecule has 0 spiro atoms. The third kappa shape index (κ3) is 6.70. The van der Waals surface area contributed by atoms with E-state index in [0.29, 0.717) is 24.8 Å². The van der Waals surface area contributed by atoms with Gasteiger partial charge in [-0.1, -0.05) is 19.9 Å². The summed E-state index contributed by atoms with van der Waals surface area (Å²) in [5.41, 5.74) is 3.47. The summed E-state index contributed by atoms with van der Waals surface area (Å²) in [6.07, 6.45) is 3.60. The van der Waals surface area contributed by atoms with Gasteiger partial charge in [-0.05, 0) is 80.2 Å². The lowest BCUT2D eigenvalue weighted by atomic mass is 9.65. The number of aromatic amines is 1. The second kappa shape index (κ2) is 12.9. The number of aryl methyl sites for hydroxylation is 2. The summed E-state index contributed by atoms with van der Waals surface area (Å²) in [4.78, 5) is 34.8. The number of methoxy groups -OCH3 is 2. The molecule has 40 heavy (non-hydrogen) atoms. The predicted octanol–water partition coefficient (Wildman–Crippen LogP) is 5.06. The minimum Gasteiger partial charge on any atom is -0.465 e. The first-order valence-corrected chi connectivity index (χ1v) is 13.9. The average molecular weight is 554 g/mol. The Morgan fingerprint density at radius 2 is 1.98 bits per heavy atom. The van der Waals surface area contributed by atoms with E-state index in [4.69, 9.17) is 14.2 Å². The van der Waals surface area contributed by atoms with Crippen LogP contribution in [0.1, 0.15) is 66.3 Å². The molecule has 9 heteroatoms. The highest BCUT2D eigenvalue weighted by molar-refractivity contribution is 5.93. The number of H-pyrrole nitrogens is 1. The van der Waals surface area contributed by atoms with Gasteiger partial charge in [-0.25, -0.2) is 19.0 Å². The van der Waals surface area contributed by atoms with Gasteiger partial charge in [0.2, 0.25) is 0 Å². The molecule has 0 aliphatic heterocycles. The van der Waals surface area contributed by atoms with Crippen LogP contribution in [0.15, 0.2) is 36.4 Å². The number of imidazole rings is 1. The van der Waals surface area contributed by atoms with Crippen LogP contribution in [0.25, 0.3) is 11.0 Å². The molecule has 1 aromatic heterocycles. The highest BCUT2D eigenvalue weighted by atomic mass is 19.1. The Balaban J connectivity index is 1.42. The van der Waals surface area contributed by atoms with Crippen molar-refractivity contribution in [2.24, 2.45) is 5.92 Å². The van der Waals surface area contributed by atoms with Crippen molar-refractivity contribution in [3.8, 4) is 0 Å². The number of rotatable bonds is 12. The molecular formula is C31H40FN3O5. The fraction of sp³-hybridized carbons (Fsp3) is 0.516. The zero-order valence-corrected chi connectivity index (χ0v) is 24.1. The molecule has 2 atom stereocenters. The Bertz CT molecular complexity index is 1340. The van der Waals surface area contributed by atoms with E-state index in [-0.39, 0.29) is 36.2 Å². The van der Waals surface area contributed by atoms with Crippen LogP contribution in [-0.2, 0) is 31.8 Å². The van der Waals surface area contributed by atoms with E-state index in [9.17, 15) is 14.0 Å². The van der Waals surface area contributed by atoms with Crippen LogP contribution in [0.2, 0.25) is 0 Å². The number of halogens is 1. The van der Waals surface area contributed by atoms with E-state index in [1.807, 2.05) is 12.1 Å². The number of nitrogens with zero attached hydrogens (tertiary/aromatic N) is 2. The zero-order chi connectivity index (χ0) is 28.9. The highest BCUT2D eigenvalue weighted by Crippen LogP contribution is 2.48. The van der Waals surface area contributed by atoms with Gasteiger partial charge in [0.05, 0.1) is 23.7 Å². The molecule has 4 rings (SSSR count). The van der Waals surface area contributed by atoms with E-state index in [1.165, 1.54) is 20.3 Å². The van der Waals surface area contributed by atoms with Crippen LogP contribution >= 0.6 is 0 Å². The molecule has 1 aliphatic carbocycles. The third-order valence-corrected chi connectivity index (χ3v) is 7.89. The largest absolute Gasteiger partial charge is 0.465 e. The van der Waals surface area contributed by atoms with Crippen LogP contribution in [0.5, 0.6) is 0 Å². The number of aromatic nitrogens is 2. The van der Waals surface area contributed by atoms with E-state index >= 15 is 0 Å². The minimum atomic E-state index is -0.695. The normalized spacial score (nSPS) is 18.8. The first kappa shape index (κ1) is 29.7. The lowest BCUT2D eigenvalue weighted by Gasteiger charge is -2.47. The minimum absolute atomic E-state index is 0.0449. The molecule has 8 nitrogen and oxygen atoms in total. The molecule has 0 amide bonds. The lowest BCUT2D eigenvalue weighted by Crippen LogP contribution is -2.49. The summed E-state index contributed by atoms with van der Waals surface area (Å²) >= 11 is 0. The smallest absolute Gasteiger partial charge is 0.337 e. The van der Waals surface area contributed by atoms with E-state index < -0.39 is 5.60 Å². The standard InChI is InChI=1S/C31H40FN3O5/c1-20(2)29-24-10-9-23(32)17-21(24)12-13-31(29,40-28(36)19-38-4)14-16-35(3)15-6-7-27-33-25-11-8-22(30(37)39-5)18-26(25)34-27/h8-11,17-18,20,29H,6-7,12-16,19H2,1-5H3,(H,33,34). The molecule has 0 saturated carbocycles. The Kier molecular flexibility index (Phi) is 9.58. The fourth-order valence-electron chi connectivity index (χ4n) is 6.10. The maximum atomic E-state index is 14.0. The second-order valence-corrected chi connectivity index (χ2v) is 11.1. The molecule has 0 bridgehead atoms. The average Bonchev–Trinajstić information content (AvgIpc) is 3.33. The maximum Gasteiger partial charge on any atom is 0.337 e. The first-order valence-electron chi connectivity index (χ1n) is 13.9. The third-order valence-electron chi connectivity index (χ3n) is 7.89. The summed E-state index contributed by atoms with van der Waals surface area (Å²) < 4.78 is 30.1. The SMILES string of the molecule is COCC(=O)OC1(CCN(C)CCCc2nc3ccc(C(=O)OC)cc3[nH]2)CCc2cc(F)ccc2C1C(C)C. The van der Waals surface area contributed by atoms with Crippen molar-refractivity contribution in [1.82, 2.24) is 14.9 Å². The molecule has 0 fully saturated rings. The summed E-state index contributed by atoms with van der Waals surface area (Å²) in [6, 6.07) is 10.3. The van der Waals surface area contributed by atoms with Gasteiger partial charge < -0.3 is 24.1 Å². The Morgan fingerprint density at radius 3 is 2.70 bits per heavy atom. The Morgan fingerprint density at radius 1 is 1.18 bits per heavy atom. The van der Waals surface area contributed by atoms with Gasteiger partial charge >= 0.3 is 11.9 Å². The van der Waals surface area contributed by atoms with Gasteiger partial charge in [0.25, 0.3) is 0 Å². The van der Waals surface area contributed by atoms with E-state index in [2.05, 4.69) is 35.8 Å². The summed E-state index contributed by atoms with van der Waals surface area (Å²) in [6.45, 7) is 5.74. The molecule has 2 unspecified atom stereocenters. The van der Waals surface area contributed by atoms with Crippen molar-refractivity contribution >= 4 is 23.0 Å². The first-order chi connectivity index (χ1) is 19.2. The van der Waals surface area contributed by atoms with Crippen LogP contribution in [0.3, 0.4) is 0 Å². The summed E-state index contributed by atoms with van der Waals surface area (Å²) in [5, 5.41) is 0. The van der Waals surface area contributed by atoms with Crippen LogP contribution in [0.4, 0.5) is 4.39 Å². The molecule has 0 saturated heterocycles. The molecule has 216 valence electrons. The zero-order valence-electron chi connectivity index (χ0n) is 24.1. The summed E-state index contributed by atoms with van der Waals surface area (Å²) in [5.74, 6) is 0.0271. The molecule has 2 aromatic carbocycles. The van der Waals surface area contributed by atoms with E-state index in [1.54, 1.807) is 18.2 Å². The number of benzene rings is 2. The van der Waals surface area contributed by atoms with Crippen LogP contribution in [0, 0.1) is 11.7 Å². The second-order valence-electron chi connectivity index (χ2n) is 11.1. The number of ether oxygens (including phenoxy) is 3. The monoisotopic (exact) mass is 553 g/mol. The van der Waals surface area contributed by atoms with Crippen molar-refractivity contribution in [1.29, 1.82) is 0 Å². The van der Waals surface area contributed by atoms with Gasteiger partial charge in [0, 0.05) is 32.4 Å². The number of fused-ring (bicyclic) bond motifs is 2. The van der Waals surface area contributed by atoms with Crippen molar-refractivity contribution < 1.29 is 28.2 Å². The molecule has 1 heterocycles. The number of carbonyl (C=O) groups is 2. The van der Waals surface area contributed by atoms with Gasteiger partial charge in [0.15, 0.2) is 0 Å². The van der Waals surface area contributed by atoms with Gasteiger partial charge in [-0.3, -0.25) is 0 Å². The number of carbonyl (C=O) groups excluding carboxylic acids is 2. The fourth-order valence-corrected chi connectivity index (χ4v) is 6.10. The quantitative estimate of drug-likeness (QED) is 0.314. The van der Waals surface area contributed by atoms with Crippen LogP contribution < -0.4 is 0 Å². The molecule has 1 N–H and O–H groups in total. The highest BCUT2D eigenvalue weighted by Gasteiger charge is 2.47. The summed E-state index contributed by atoms with van der Waals surface area (Å²) in [7, 11) is 4.92. The van der Waals surface area contributed by atoms with Crippen LogP contribution in [-0.4, -0.2) is 73.4 Å². The number of hydrogen-bond donors (Lipinski definition) is 1. The topological polar surface area (TPSA) is 93.8 Å². The van der Waals surface area contributed by atoms with E-state index in [0.717, 1.165) is 53.9 Å². The lowest BCUT2D eigenvalue weighted by molar-refractivity contribution is -0.172. The molecule has 0 radical (unpaired) electrons. The maximum absolute atomic E-state index is 14.0. The number of hydrogen-bond acceptors (Lipinski definition) is 7. The number of nitrogens with one attached hydrogen (secondary N) is 1. The van der Waals surface area contributed by atoms with Crippen molar-refractivity contribution in [2.75, 3.05) is 41.0 Å². The van der Waals surface area contributed by atoms with Crippen molar-refractivity contribution in [3.63, 3.8) is 0 Å². The van der Waals surface area contributed by atoms with Crippen molar-refractivity contribution in [3.05, 3.63) is 64.7 Å². The molecular weight excluding hydrogens is 513 g/mol. The predicted molar refractivity (Wildman–Crippen MR) is 151 cm³/mol. The van der Waals surface area contributed by atoms with Gasteiger partial charge in [-0.2, -0.15) is 0 Å². The van der Waals surface area contributed by atoms with Crippen molar-refractivity contribution in [2.45, 2.75) is 57.5 Å². The Hall–Kier alpha value is -3.30. The molecule has 3 aromatic rings. The molecule has 1 aliphatic rings. The van der Waals surface area contributed by atoms with Gasteiger partial charge in [0.1, 0.15) is 23.8 Å².